The van der Waals surface area contributed by atoms with Crippen LogP contribution in [0, 0.1) is 5.92 Å². The minimum Gasteiger partial charge on any atom is -0.296 e. The van der Waals surface area contributed by atoms with Crippen LogP contribution in [0.1, 0.15) is 23.5 Å². The Hall–Kier alpha value is -1.37. The van der Waals surface area contributed by atoms with E-state index in [0.29, 0.717) is 11.8 Å². The van der Waals surface area contributed by atoms with Crippen LogP contribution in [0.15, 0.2) is 41.4 Å². The number of hydrogen-bond donors (Lipinski definition) is 0. The molecule has 3 rings (SSSR count). The van der Waals surface area contributed by atoms with Crippen LogP contribution in [0.2, 0.25) is 0 Å². The van der Waals surface area contributed by atoms with Crippen molar-refractivity contribution in [2.75, 3.05) is 7.05 Å². The maximum absolute atomic E-state index is 4.50. The van der Waals surface area contributed by atoms with Crippen molar-refractivity contribution in [3.63, 3.8) is 0 Å². The zero-order valence-corrected chi connectivity index (χ0v) is 8.98. The van der Waals surface area contributed by atoms with Crippen LogP contribution in [0.25, 0.3) is 0 Å². The maximum atomic E-state index is 4.50. The second-order valence-electron chi connectivity index (χ2n) is 4.37. The summed E-state index contributed by atoms with van der Waals surface area (Å²) in [6, 6.07) is 8.82. The lowest BCUT2D eigenvalue weighted by atomic mass is 9.71. The molecule has 0 radical (unpaired) electrons. The third-order valence-corrected chi connectivity index (χ3v) is 3.61. The van der Waals surface area contributed by atoms with E-state index in [1.165, 1.54) is 16.8 Å². The second-order valence-corrected chi connectivity index (χ2v) is 4.37. The van der Waals surface area contributed by atoms with Gasteiger partial charge in [0.25, 0.3) is 0 Å². The van der Waals surface area contributed by atoms with Gasteiger partial charge in [0.2, 0.25) is 0 Å². The number of benzene rings is 1. The van der Waals surface area contributed by atoms with Gasteiger partial charge in [-0.1, -0.05) is 36.4 Å². The van der Waals surface area contributed by atoms with E-state index in [-0.39, 0.29) is 0 Å². The Morgan fingerprint density at radius 3 is 3.00 bits per heavy atom. The molecule has 0 heterocycles. The molecule has 0 aromatic heterocycles. The normalized spacial score (nSPS) is 30.3. The summed E-state index contributed by atoms with van der Waals surface area (Å²) < 4.78 is 0. The lowest BCUT2D eigenvalue weighted by Crippen LogP contribution is -2.31. The van der Waals surface area contributed by atoms with Crippen molar-refractivity contribution in [2.24, 2.45) is 10.9 Å². The Balaban J connectivity index is 2.17. The van der Waals surface area contributed by atoms with Crippen molar-refractivity contribution in [2.45, 2.75) is 18.8 Å². The number of aliphatic imine (C=N–C) groups is 1. The Morgan fingerprint density at radius 1 is 1.27 bits per heavy atom. The molecule has 1 nitrogen and oxygen atoms in total. The molecule has 1 heteroatoms. The van der Waals surface area contributed by atoms with E-state index >= 15 is 0 Å². The van der Waals surface area contributed by atoms with E-state index in [4.69, 9.17) is 0 Å². The van der Waals surface area contributed by atoms with Crippen LogP contribution >= 0.6 is 0 Å². The Labute approximate surface area is 90.5 Å². The van der Waals surface area contributed by atoms with Crippen LogP contribution in [0.3, 0.4) is 0 Å². The summed E-state index contributed by atoms with van der Waals surface area (Å²) in [6.07, 6.45) is 6.91. The van der Waals surface area contributed by atoms with E-state index in [9.17, 15) is 0 Å². The molecule has 76 valence electrons. The molecule has 0 unspecified atom stereocenters. The van der Waals surface area contributed by atoms with Gasteiger partial charge in [-0.15, -0.1) is 0 Å². The van der Waals surface area contributed by atoms with Crippen LogP contribution in [0.4, 0.5) is 0 Å². The quantitative estimate of drug-likeness (QED) is 0.567. The van der Waals surface area contributed by atoms with Crippen LogP contribution in [-0.2, 0) is 6.42 Å². The predicted molar refractivity (Wildman–Crippen MR) is 63.5 cm³/mol. The molecule has 2 aliphatic rings. The van der Waals surface area contributed by atoms with E-state index in [2.05, 4.69) is 41.4 Å². The lowest BCUT2D eigenvalue weighted by Gasteiger charge is -2.34. The third kappa shape index (κ3) is 1.26. The standard InChI is InChI=1S/C14H15N/c1-15-14-11-6-4-8-13(14)12-7-3-2-5-10(12)9-11/h2-7,11,13H,8-9H2,1H3/t11-,13+/m0/s1. The molecule has 2 aliphatic carbocycles. The highest BCUT2D eigenvalue weighted by Crippen LogP contribution is 2.38. The zero-order valence-electron chi connectivity index (χ0n) is 8.98. The highest BCUT2D eigenvalue weighted by Gasteiger charge is 2.32. The summed E-state index contributed by atoms with van der Waals surface area (Å²) >= 11 is 0. The smallest absolute Gasteiger partial charge is 0.0277 e. The van der Waals surface area contributed by atoms with Gasteiger partial charge in [-0.25, -0.2) is 0 Å². The van der Waals surface area contributed by atoms with Gasteiger partial charge in [0.15, 0.2) is 0 Å². The predicted octanol–water partition coefficient (Wildman–Crippen LogP) is 2.97. The monoisotopic (exact) mass is 197 g/mol. The van der Waals surface area contributed by atoms with Gasteiger partial charge in [-0.2, -0.15) is 0 Å². The van der Waals surface area contributed by atoms with Crippen molar-refractivity contribution < 1.29 is 0 Å². The summed E-state index contributed by atoms with van der Waals surface area (Å²) in [5, 5.41) is 0. The molecule has 0 aliphatic heterocycles. The Bertz CT molecular complexity index is 442. The molecule has 0 saturated heterocycles. The molecule has 0 N–H and O–H groups in total. The van der Waals surface area contributed by atoms with Crippen molar-refractivity contribution in [3.05, 3.63) is 47.5 Å². The fraction of sp³-hybridized carbons (Fsp3) is 0.357. The number of hydrogen-bond acceptors (Lipinski definition) is 1. The summed E-state index contributed by atoms with van der Waals surface area (Å²) in [5.74, 6) is 1.11. The van der Waals surface area contributed by atoms with Gasteiger partial charge < -0.3 is 0 Å². The van der Waals surface area contributed by atoms with Gasteiger partial charge in [-0.3, -0.25) is 4.99 Å². The lowest BCUT2D eigenvalue weighted by molar-refractivity contribution is 0.689. The zero-order chi connectivity index (χ0) is 10.3. The highest BCUT2D eigenvalue weighted by molar-refractivity contribution is 5.97. The summed E-state index contributed by atoms with van der Waals surface area (Å²) in [5.41, 5.74) is 4.40. The molecular weight excluding hydrogens is 182 g/mol. The molecular formula is C14H15N. The number of nitrogens with zero attached hydrogens (tertiary/aromatic N) is 1. The number of rotatable bonds is 0. The summed E-state index contributed by atoms with van der Waals surface area (Å²) in [7, 11) is 1.93. The average molecular weight is 197 g/mol. The van der Waals surface area contributed by atoms with E-state index < -0.39 is 0 Å². The number of allylic oxidation sites excluding steroid dienone is 2. The topological polar surface area (TPSA) is 12.4 Å². The Kier molecular flexibility index (Phi) is 1.98. The molecule has 0 fully saturated rings. The van der Waals surface area contributed by atoms with Crippen molar-refractivity contribution in [1.82, 2.24) is 0 Å². The fourth-order valence-electron chi connectivity index (χ4n) is 2.93. The molecule has 2 bridgehead atoms. The van der Waals surface area contributed by atoms with Crippen molar-refractivity contribution >= 4 is 5.71 Å². The first-order valence-corrected chi connectivity index (χ1v) is 5.61. The average Bonchev–Trinajstić information content (AvgIpc) is 2.28. The fourth-order valence-corrected chi connectivity index (χ4v) is 2.93. The maximum Gasteiger partial charge on any atom is 0.0277 e. The van der Waals surface area contributed by atoms with Gasteiger partial charge in [0, 0.05) is 24.6 Å². The van der Waals surface area contributed by atoms with Crippen LogP contribution in [-0.4, -0.2) is 12.8 Å². The van der Waals surface area contributed by atoms with E-state index in [1.54, 1.807) is 0 Å². The minimum absolute atomic E-state index is 0.551. The van der Waals surface area contributed by atoms with Crippen LogP contribution in [0.5, 0.6) is 0 Å². The van der Waals surface area contributed by atoms with Crippen molar-refractivity contribution in [1.29, 1.82) is 0 Å². The van der Waals surface area contributed by atoms with Gasteiger partial charge in [0.1, 0.15) is 0 Å². The molecule has 0 saturated carbocycles. The molecule has 0 spiro atoms. The third-order valence-electron chi connectivity index (χ3n) is 3.61. The van der Waals surface area contributed by atoms with Gasteiger partial charge in [0.05, 0.1) is 0 Å². The van der Waals surface area contributed by atoms with Crippen LogP contribution < -0.4 is 0 Å². The first-order valence-electron chi connectivity index (χ1n) is 5.61. The SMILES string of the molecule is CN=C1[C@H]2C=CC[C@@H]1c1ccccc1C2. The molecule has 2 atom stereocenters. The minimum atomic E-state index is 0.551. The molecule has 1 aromatic carbocycles. The van der Waals surface area contributed by atoms with Crippen molar-refractivity contribution in [3.8, 4) is 0 Å². The van der Waals surface area contributed by atoms with Gasteiger partial charge in [-0.05, 0) is 24.0 Å². The van der Waals surface area contributed by atoms with E-state index in [0.717, 1.165) is 12.8 Å². The molecule has 0 amide bonds. The Morgan fingerprint density at radius 2 is 2.13 bits per heavy atom. The van der Waals surface area contributed by atoms with E-state index in [1.807, 2.05) is 7.05 Å². The first-order chi connectivity index (χ1) is 7.40. The first kappa shape index (κ1) is 8.90. The number of fused-ring (bicyclic) bond motifs is 4. The highest BCUT2D eigenvalue weighted by atomic mass is 14.7. The summed E-state index contributed by atoms with van der Waals surface area (Å²) in [6.45, 7) is 0. The largest absolute Gasteiger partial charge is 0.296 e. The second kappa shape index (κ2) is 3.34. The summed E-state index contributed by atoms with van der Waals surface area (Å²) in [4.78, 5) is 4.50. The molecule has 15 heavy (non-hydrogen) atoms. The molecule has 1 aromatic rings. The van der Waals surface area contributed by atoms with Gasteiger partial charge >= 0.3 is 0 Å².